The molecule has 0 aliphatic carbocycles. The molecule has 0 amide bonds. The van der Waals surface area contributed by atoms with Crippen LogP contribution in [0, 0.1) is 0 Å². The fourth-order valence-electron chi connectivity index (χ4n) is 1.49. The van der Waals surface area contributed by atoms with Crippen molar-refractivity contribution in [2.24, 2.45) is 0 Å². The van der Waals surface area contributed by atoms with Gasteiger partial charge in [0.05, 0.1) is 0 Å². The highest BCUT2D eigenvalue weighted by atomic mass is 16.1. The molecule has 1 fully saturated rings. The molecule has 3 heteroatoms. The van der Waals surface area contributed by atoms with Crippen molar-refractivity contribution in [2.45, 2.75) is 19.3 Å². The molecule has 0 aromatic carbocycles. The molecule has 0 aromatic rings. The zero-order chi connectivity index (χ0) is 9.23. The van der Waals surface area contributed by atoms with Crippen LogP contribution in [-0.4, -0.2) is 44.9 Å². The van der Waals surface area contributed by atoms with Crippen LogP contribution < -0.4 is 5.32 Å². The van der Waals surface area contributed by atoms with E-state index in [9.17, 15) is 0 Å². The highest BCUT2D eigenvalue weighted by molar-refractivity contribution is 5.10. The number of nitrogens with zero attached hydrogens (tertiary/aromatic N) is 1. The fraction of sp³-hybridized carbons (Fsp3) is 0.889. The van der Waals surface area contributed by atoms with Gasteiger partial charge in [0.15, 0.2) is 0 Å². The molecule has 1 saturated heterocycles. The molecule has 0 atom stereocenters. The van der Waals surface area contributed by atoms with Crippen LogP contribution in [0.4, 0.5) is 0 Å². The smallest absolute Gasteiger partial charge is 0.106 e. The van der Waals surface area contributed by atoms with Crippen LogP contribution in [0.2, 0.25) is 0 Å². The number of carbonyl (C=O) groups excluding carboxylic acids is 1. The molecule has 0 aromatic heterocycles. The minimum Gasteiger partial charge on any atom is -0.320 e. The Bertz CT molecular complexity index is 97.6. The van der Waals surface area contributed by atoms with Crippen molar-refractivity contribution in [3.05, 3.63) is 0 Å². The standard InChI is InChI=1S/C8H18N2.CH2O.H2/c1-9-5-4-8-10-6-2-3-7-10;1-2;/h9H,2-8H2,1H3;1H2;1H. The number of likely N-dealkylation sites (tertiary alicyclic amines) is 1. The lowest BCUT2D eigenvalue weighted by molar-refractivity contribution is -0.0979. The van der Waals surface area contributed by atoms with Gasteiger partial charge >= 0.3 is 0 Å². The van der Waals surface area contributed by atoms with Gasteiger partial charge in [-0.25, -0.2) is 0 Å². The Labute approximate surface area is 76.6 Å². The average molecular weight is 174 g/mol. The van der Waals surface area contributed by atoms with Gasteiger partial charge in [0.1, 0.15) is 6.79 Å². The van der Waals surface area contributed by atoms with Crippen LogP contribution in [0.5, 0.6) is 0 Å². The third-order valence-corrected chi connectivity index (χ3v) is 2.10. The number of nitrogens with one attached hydrogen (secondary N) is 1. The van der Waals surface area contributed by atoms with Gasteiger partial charge in [-0.1, -0.05) is 0 Å². The predicted molar refractivity (Wildman–Crippen MR) is 53.5 cm³/mol. The maximum atomic E-state index is 8.00. The fourth-order valence-corrected chi connectivity index (χ4v) is 1.49. The van der Waals surface area contributed by atoms with Gasteiger partial charge in [0, 0.05) is 1.43 Å². The first-order valence-electron chi connectivity index (χ1n) is 4.59. The maximum absolute atomic E-state index is 8.00. The molecule has 0 spiro atoms. The Hall–Kier alpha value is -0.410. The lowest BCUT2D eigenvalue weighted by Gasteiger charge is -2.13. The van der Waals surface area contributed by atoms with Crippen LogP contribution in [0.15, 0.2) is 0 Å². The van der Waals surface area contributed by atoms with Gasteiger partial charge in [-0.2, -0.15) is 0 Å². The Balaban J connectivity index is 0. The van der Waals surface area contributed by atoms with E-state index in [2.05, 4.69) is 10.2 Å². The molecule has 74 valence electrons. The SMILES string of the molecule is C=O.CNCCCN1CCCC1.[HH]. The van der Waals surface area contributed by atoms with Crippen molar-refractivity contribution in [3.8, 4) is 0 Å². The van der Waals surface area contributed by atoms with Gasteiger partial charge in [0.2, 0.25) is 0 Å². The Morgan fingerprint density at radius 2 is 2.00 bits per heavy atom. The summed E-state index contributed by atoms with van der Waals surface area (Å²) in [6.07, 6.45) is 4.13. The largest absolute Gasteiger partial charge is 0.320 e. The van der Waals surface area contributed by atoms with E-state index in [0.717, 1.165) is 6.54 Å². The molecule has 1 N–H and O–H groups in total. The van der Waals surface area contributed by atoms with Gasteiger partial charge in [-0.3, -0.25) is 0 Å². The molecule has 1 aliphatic rings. The molecule has 0 saturated carbocycles. The Morgan fingerprint density at radius 1 is 1.42 bits per heavy atom. The molecule has 0 radical (unpaired) electrons. The number of hydrogen-bond acceptors (Lipinski definition) is 3. The van der Waals surface area contributed by atoms with E-state index in [4.69, 9.17) is 4.79 Å². The first kappa shape index (κ1) is 11.6. The lowest BCUT2D eigenvalue weighted by atomic mass is 10.4. The topological polar surface area (TPSA) is 32.3 Å². The van der Waals surface area contributed by atoms with Gasteiger partial charge in [-0.05, 0) is 52.5 Å². The molecule has 12 heavy (non-hydrogen) atoms. The highest BCUT2D eigenvalue weighted by Gasteiger charge is 2.09. The summed E-state index contributed by atoms with van der Waals surface area (Å²) in [7, 11) is 2.02. The molecule has 3 nitrogen and oxygen atoms in total. The molecular formula is C9H22N2O. The molecule has 1 rings (SSSR count). The zero-order valence-corrected chi connectivity index (χ0v) is 8.01. The average Bonchev–Trinajstić information content (AvgIpc) is 2.61. The molecule has 1 heterocycles. The van der Waals surface area contributed by atoms with Gasteiger partial charge < -0.3 is 15.0 Å². The summed E-state index contributed by atoms with van der Waals surface area (Å²) in [5.74, 6) is 0. The highest BCUT2D eigenvalue weighted by Crippen LogP contribution is 2.06. The van der Waals surface area contributed by atoms with Crippen molar-refractivity contribution in [1.29, 1.82) is 0 Å². The van der Waals surface area contributed by atoms with Crippen LogP contribution in [0.3, 0.4) is 0 Å². The number of rotatable bonds is 4. The first-order valence-corrected chi connectivity index (χ1v) is 4.59. The first-order chi connectivity index (χ1) is 5.93. The lowest BCUT2D eigenvalue weighted by Crippen LogP contribution is -2.23. The molecule has 0 bridgehead atoms. The summed E-state index contributed by atoms with van der Waals surface area (Å²) >= 11 is 0. The molecular weight excluding hydrogens is 152 g/mol. The third-order valence-electron chi connectivity index (χ3n) is 2.10. The zero-order valence-electron chi connectivity index (χ0n) is 8.01. The van der Waals surface area contributed by atoms with Crippen LogP contribution in [0.25, 0.3) is 0 Å². The maximum Gasteiger partial charge on any atom is 0.106 e. The van der Waals surface area contributed by atoms with Crippen LogP contribution >= 0.6 is 0 Å². The van der Waals surface area contributed by atoms with E-state index in [1.807, 2.05) is 13.8 Å². The Morgan fingerprint density at radius 3 is 2.50 bits per heavy atom. The van der Waals surface area contributed by atoms with E-state index in [1.54, 1.807) is 0 Å². The summed E-state index contributed by atoms with van der Waals surface area (Å²) < 4.78 is 0. The summed E-state index contributed by atoms with van der Waals surface area (Å²) in [4.78, 5) is 10.6. The summed E-state index contributed by atoms with van der Waals surface area (Å²) in [6.45, 7) is 7.13. The third kappa shape index (κ3) is 5.27. The van der Waals surface area contributed by atoms with E-state index >= 15 is 0 Å². The van der Waals surface area contributed by atoms with Crippen molar-refractivity contribution < 1.29 is 6.22 Å². The molecule has 1 aliphatic heterocycles. The normalized spacial score (nSPS) is 17.1. The van der Waals surface area contributed by atoms with Crippen molar-refractivity contribution in [3.63, 3.8) is 0 Å². The van der Waals surface area contributed by atoms with E-state index in [1.165, 1.54) is 38.9 Å². The summed E-state index contributed by atoms with van der Waals surface area (Å²) in [5, 5.41) is 3.16. The second-order valence-corrected chi connectivity index (χ2v) is 3.01. The Kier molecular flexibility index (Phi) is 8.39. The van der Waals surface area contributed by atoms with Crippen molar-refractivity contribution in [1.82, 2.24) is 10.2 Å². The minimum absolute atomic E-state index is 0. The second-order valence-electron chi connectivity index (χ2n) is 3.01. The number of hydrogen-bond donors (Lipinski definition) is 1. The summed E-state index contributed by atoms with van der Waals surface area (Å²) in [5.41, 5.74) is 0. The van der Waals surface area contributed by atoms with Crippen LogP contribution in [-0.2, 0) is 4.79 Å². The second kappa shape index (κ2) is 8.68. The van der Waals surface area contributed by atoms with Crippen LogP contribution in [0.1, 0.15) is 20.7 Å². The quantitative estimate of drug-likeness (QED) is 0.638. The summed E-state index contributed by atoms with van der Waals surface area (Å²) in [6, 6.07) is 0. The van der Waals surface area contributed by atoms with Gasteiger partial charge in [-0.15, -0.1) is 0 Å². The van der Waals surface area contributed by atoms with E-state index in [0.29, 0.717) is 0 Å². The van der Waals surface area contributed by atoms with Crippen molar-refractivity contribution in [2.75, 3.05) is 33.2 Å². The predicted octanol–water partition coefficient (Wildman–Crippen LogP) is 0.753. The van der Waals surface area contributed by atoms with E-state index < -0.39 is 0 Å². The monoisotopic (exact) mass is 174 g/mol. The minimum atomic E-state index is 0. The van der Waals surface area contributed by atoms with E-state index in [-0.39, 0.29) is 1.43 Å². The number of carbonyl (C=O) groups is 1. The van der Waals surface area contributed by atoms with Crippen molar-refractivity contribution >= 4 is 6.79 Å². The van der Waals surface area contributed by atoms with Gasteiger partial charge in [0.25, 0.3) is 0 Å². The molecule has 0 unspecified atom stereocenters.